The standard InChI is InChI=1S/C47H39ClF10N7O10PS2/c1-44(2,78(3,73)74)13-12-27-6-9-29(40(59-27)34(16-24-14-25(49)18-26(50)15-24)60-36(66)21-63-43-38(42(62-63)47(56,57)58)31-19-32(31)46(43,54)55)30-10-11-33(48)39-35(61-64(41(30)39)22-45(51,52)53)20-65(77(71)72)37(67)17-23-4-7-28(8-5-23)75-76(68,69)70/h4-11,14-15,18,31-32,34H,16-17,19-22H2,1-3H3,(H,60,66)(H,71,72)(H2,68,69,70)/p-1/t31-,32+,34?/m0/s1. The molecule has 4 atom stereocenters. The first-order valence-electron chi connectivity index (χ1n) is 22.5. The summed E-state index contributed by atoms with van der Waals surface area (Å²) in [6, 6.07) is 9.30. The van der Waals surface area contributed by atoms with Crippen molar-refractivity contribution in [3.63, 3.8) is 0 Å². The minimum absolute atomic E-state index is 0.0749. The molecule has 17 nitrogen and oxygen atoms in total. The zero-order valence-electron chi connectivity index (χ0n) is 40.1. The molecule has 0 spiro atoms. The molecule has 1 fully saturated rings. The number of rotatable bonds is 16. The smallest absolute Gasteiger partial charge is 0.524 e. The number of nitrogens with zero attached hydrogens (tertiary/aromatic N) is 6. The van der Waals surface area contributed by atoms with Gasteiger partial charge in [-0.15, -0.1) is 0 Å². The van der Waals surface area contributed by atoms with Gasteiger partial charge in [-0.2, -0.15) is 45.3 Å². The predicted molar refractivity (Wildman–Crippen MR) is 255 cm³/mol. The van der Waals surface area contributed by atoms with Gasteiger partial charge in [-0.3, -0.25) is 37.3 Å². The van der Waals surface area contributed by atoms with Crippen LogP contribution in [0.4, 0.5) is 43.9 Å². The maximum Gasteiger partial charge on any atom is 0.524 e. The van der Waals surface area contributed by atoms with E-state index in [1.165, 1.54) is 19.9 Å². The predicted octanol–water partition coefficient (Wildman–Crippen LogP) is 8.13. The molecule has 78 heavy (non-hydrogen) atoms. The van der Waals surface area contributed by atoms with Gasteiger partial charge in [0.2, 0.25) is 11.8 Å². The molecule has 0 aliphatic heterocycles. The fraction of sp³-hybridized carbons (Fsp3) is 0.340. The molecule has 0 saturated heterocycles. The van der Waals surface area contributed by atoms with Gasteiger partial charge in [0.25, 0.3) is 5.92 Å². The molecule has 6 aromatic rings. The number of halogens is 11. The van der Waals surface area contributed by atoms with Crippen molar-refractivity contribution in [3.8, 4) is 28.7 Å². The second-order valence-corrected chi connectivity index (χ2v) is 23.7. The largest absolute Gasteiger partial charge is 0.755 e. The Balaban J connectivity index is 1.29. The third kappa shape index (κ3) is 12.4. The van der Waals surface area contributed by atoms with E-state index in [9.17, 15) is 66.5 Å². The molecule has 0 radical (unpaired) electrons. The lowest BCUT2D eigenvalue weighted by Crippen LogP contribution is -2.35. The summed E-state index contributed by atoms with van der Waals surface area (Å²) >= 11 is 3.20. The number of alkyl halides is 8. The normalized spacial score (nSPS) is 16.9. The van der Waals surface area contributed by atoms with E-state index in [0.717, 1.165) is 60.9 Å². The third-order valence-corrected chi connectivity index (χ3v) is 16.1. The van der Waals surface area contributed by atoms with E-state index in [1.54, 1.807) is 0 Å². The Morgan fingerprint density at radius 3 is 2.22 bits per heavy atom. The zero-order chi connectivity index (χ0) is 57.4. The van der Waals surface area contributed by atoms with Crippen LogP contribution in [0.3, 0.4) is 0 Å². The van der Waals surface area contributed by atoms with E-state index in [1.807, 2.05) is 0 Å². The number of hydrogen-bond acceptors (Lipinski definition) is 11. The Hall–Kier alpha value is -6.41. The van der Waals surface area contributed by atoms with Gasteiger partial charge < -0.3 is 14.4 Å². The molecule has 3 N–H and O–H groups in total. The molecule has 2 unspecified atom stereocenters. The topological polar surface area (TPSA) is 239 Å². The van der Waals surface area contributed by atoms with E-state index in [-0.39, 0.29) is 54.1 Å². The highest BCUT2D eigenvalue weighted by Gasteiger charge is 2.68. The number of fused-ring (bicyclic) bond motifs is 4. The number of benzene rings is 3. The first-order valence-corrected chi connectivity index (χ1v) is 27.4. The van der Waals surface area contributed by atoms with Gasteiger partial charge in [0, 0.05) is 40.3 Å². The minimum Gasteiger partial charge on any atom is -0.755 e. The number of sulfone groups is 1. The number of amides is 2. The van der Waals surface area contributed by atoms with Crippen molar-refractivity contribution in [1.29, 1.82) is 0 Å². The Morgan fingerprint density at radius 2 is 1.63 bits per heavy atom. The van der Waals surface area contributed by atoms with Crippen LogP contribution in [0.25, 0.3) is 22.0 Å². The van der Waals surface area contributed by atoms with Crippen molar-refractivity contribution in [2.24, 2.45) is 5.92 Å². The van der Waals surface area contributed by atoms with Crippen LogP contribution in [0.5, 0.6) is 5.75 Å². The average molecular weight is 1180 g/mol. The number of phosphoric acid groups is 1. The lowest BCUT2D eigenvalue weighted by atomic mass is 9.93. The monoisotopic (exact) mass is 1180 g/mol. The van der Waals surface area contributed by atoms with Crippen LogP contribution in [0.2, 0.25) is 5.02 Å². The van der Waals surface area contributed by atoms with Crippen LogP contribution in [0, 0.1) is 29.4 Å². The summed E-state index contributed by atoms with van der Waals surface area (Å²) in [5.74, 6) is -6.64. The molecule has 2 aliphatic rings. The molecule has 1 saturated carbocycles. The van der Waals surface area contributed by atoms with Gasteiger partial charge in [0.15, 0.2) is 15.5 Å². The average Bonchev–Trinajstić information content (AvgIpc) is 3.46. The van der Waals surface area contributed by atoms with E-state index < -0.39 is 165 Å². The fourth-order valence-electron chi connectivity index (χ4n) is 8.89. The highest BCUT2D eigenvalue weighted by Crippen LogP contribution is 2.68. The van der Waals surface area contributed by atoms with Crippen LogP contribution in [-0.4, -0.2) is 84.8 Å². The lowest BCUT2D eigenvalue weighted by molar-refractivity contribution is -0.143. The number of nitrogens with one attached hydrogen (secondary N) is 1. The SMILES string of the molecule is CC(C)(C#Cc1ccc(-c2ccc(Cl)c3c(CN(C(=O)Cc4ccc(OP(=O)(O)O)cc4)S(=O)[O-])nn(CC(F)(F)F)c23)c(C(Cc2cc(F)cc(F)c2)NC(=O)Cn2nc(C(F)(F)F)c3c2C(F)(F)[C@@H]2C[C@H]32)n1)S(C)(=O)=O. The molecule has 2 aliphatic carbocycles. The highest BCUT2D eigenvalue weighted by atomic mass is 35.5. The molecule has 3 heterocycles. The quantitative estimate of drug-likeness (QED) is 0.0360. The molecule has 2 amide bonds. The van der Waals surface area contributed by atoms with Crippen LogP contribution in [0.1, 0.15) is 77.4 Å². The Labute approximate surface area is 442 Å². The van der Waals surface area contributed by atoms with E-state index in [4.69, 9.17) is 21.4 Å². The molecule has 416 valence electrons. The summed E-state index contributed by atoms with van der Waals surface area (Å²) in [6.45, 7) is -1.85. The van der Waals surface area contributed by atoms with Crippen LogP contribution >= 0.6 is 19.4 Å². The number of carbonyl (C=O) groups excluding carboxylic acids is 2. The number of carbonyl (C=O) groups is 2. The van der Waals surface area contributed by atoms with E-state index in [2.05, 4.69) is 36.9 Å². The summed E-state index contributed by atoms with van der Waals surface area (Å²) in [4.78, 5) is 50.5. The minimum atomic E-state index is -5.24. The molecular weight excluding hydrogens is 1140 g/mol. The second kappa shape index (κ2) is 20.7. The first kappa shape index (κ1) is 57.8. The van der Waals surface area contributed by atoms with Gasteiger partial charge in [-0.25, -0.2) is 26.7 Å². The van der Waals surface area contributed by atoms with Crippen LogP contribution < -0.4 is 9.84 Å². The van der Waals surface area contributed by atoms with Gasteiger partial charge in [-0.05, 0) is 92.1 Å². The van der Waals surface area contributed by atoms with Gasteiger partial charge in [0.05, 0.1) is 52.2 Å². The van der Waals surface area contributed by atoms with Crippen molar-refractivity contribution in [2.45, 2.75) is 87.7 Å². The van der Waals surface area contributed by atoms with Crippen LogP contribution in [-0.2, 0) is 79.8 Å². The molecule has 31 heteroatoms. The van der Waals surface area contributed by atoms with Crippen molar-refractivity contribution in [3.05, 3.63) is 129 Å². The maximum atomic E-state index is 15.6. The third-order valence-electron chi connectivity index (χ3n) is 12.7. The van der Waals surface area contributed by atoms with Gasteiger partial charge in [0.1, 0.15) is 46.6 Å². The molecule has 8 rings (SSSR count). The number of phosphoric ester groups is 1. The summed E-state index contributed by atoms with van der Waals surface area (Å²) < 4.78 is 213. The summed E-state index contributed by atoms with van der Waals surface area (Å²) in [7, 11) is -8.92. The molecule has 0 bridgehead atoms. The van der Waals surface area contributed by atoms with Crippen molar-refractivity contribution in [2.75, 3.05) is 6.26 Å². The van der Waals surface area contributed by atoms with E-state index in [0.29, 0.717) is 10.7 Å². The summed E-state index contributed by atoms with van der Waals surface area (Å²) in [5, 5.41) is 9.09. The zero-order valence-corrected chi connectivity index (χ0v) is 43.4. The first-order chi connectivity index (χ1) is 36.0. The maximum absolute atomic E-state index is 15.6. The van der Waals surface area contributed by atoms with Crippen molar-refractivity contribution >= 4 is 63.2 Å². The summed E-state index contributed by atoms with van der Waals surface area (Å²) in [5.41, 5.74) is -6.21. The lowest BCUT2D eigenvalue weighted by Gasteiger charge is -2.24. The highest BCUT2D eigenvalue weighted by molar-refractivity contribution is 7.92. The molecular formula is C47H38ClF10N7O10PS2-. The Morgan fingerprint density at radius 1 is 0.987 bits per heavy atom. The Bertz CT molecular complexity index is 3650. The summed E-state index contributed by atoms with van der Waals surface area (Å²) in [6.07, 6.45) is -11.2. The van der Waals surface area contributed by atoms with Crippen molar-refractivity contribution < 1.29 is 89.5 Å². The van der Waals surface area contributed by atoms with Gasteiger partial charge in [-0.1, -0.05) is 35.7 Å². The molecule has 3 aromatic carbocycles. The number of aromatic nitrogens is 5. The van der Waals surface area contributed by atoms with E-state index >= 15 is 8.78 Å². The second-order valence-electron chi connectivity index (χ2n) is 18.7. The fourth-order valence-corrected chi connectivity index (χ4v) is 10.2. The number of hydrogen-bond donors (Lipinski definition) is 3. The molecule has 3 aromatic heterocycles. The number of pyridine rings is 1. The van der Waals surface area contributed by atoms with Crippen molar-refractivity contribution in [1.82, 2.24) is 34.2 Å². The van der Waals surface area contributed by atoms with Gasteiger partial charge >= 0.3 is 20.2 Å². The van der Waals surface area contributed by atoms with Crippen LogP contribution in [0.15, 0.2) is 66.7 Å². The Kier molecular flexibility index (Phi) is 15.3.